The van der Waals surface area contributed by atoms with Crippen molar-refractivity contribution >= 4 is 11.8 Å². The Hall–Kier alpha value is -3.16. The van der Waals surface area contributed by atoms with E-state index < -0.39 is 17.8 Å². The first-order valence-electron chi connectivity index (χ1n) is 8.46. The van der Waals surface area contributed by atoms with Crippen molar-refractivity contribution < 1.29 is 23.5 Å². The molecule has 2 heterocycles. The van der Waals surface area contributed by atoms with E-state index in [1.165, 1.54) is 31.2 Å². The van der Waals surface area contributed by atoms with Gasteiger partial charge in [-0.25, -0.2) is 4.39 Å². The maximum absolute atomic E-state index is 14.0. The fraction of sp³-hybridized carbons (Fsp3) is 0.316. The number of pyridine rings is 1. The molecule has 2 atom stereocenters. The number of carbonyl (C=O) groups is 2. The number of rotatable bonds is 5. The summed E-state index contributed by atoms with van der Waals surface area (Å²) in [6, 6.07) is 6.76. The van der Waals surface area contributed by atoms with E-state index in [0.717, 1.165) is 6.07 Å². The number of hydrogen-bond donors (Lipinski definition) is 1. The van der Waals surface area contributed by atoms with Crippen LogP contribution in [0.1, 0.15) is 16.8 Å². The van der Waals surface area contributed by atoms with Gasteiger partial charge in [-0.1, -0.05) is 0 Å². The van der Waals surface area contributed by atoms with Crippen LogP contribution in [0.4, 0.5) is 4.39 Å². The van der Waals surface area contributed by atoms with E-state index in [1.54, 1.807) is 24.5 Å². The topological polar surface area (TPSA) is 80.8 Å². The number of methoxy groups -OCH3 is 1. The van der Waals surface area contributed by atoms with E-state index in [1.807, 2.05) is 0 Å². The summed E-state index contributed by atoms with van der Waals surface area (Å²) in [4.78, 5) is 30.5. The number of benzene rings is 1. The normalized spacial score (nSPS) is 18.9. The third kappa shape index (κ3) is 3.99. The Bertz CT molecular complexity index is 831. The molecule has 8 heteroatoms. The molecule has 0 spiro atoms. The van der Waals surface area contributed by atoms with Gasteiger partial charge in [-0.3, -0.25) is 14.6 Å². The molecule has 1 N–H and O–H groups in total. The molecule has 2 aromatic rings. The lowest BCUT2D eigenvalue weighted by Crippen LogP contribution is -2.45. The smallest absolute Gasteiger partial charge is 0.254 e. The summed E-state index contributed by atoms with van der Waals surface area (Å²) in [6.45, 7) is 0.208. The molecule has 2 amide bonds. The Balaban J connectivity index is 1.81. The van der Waals surface area contributed by atoms with Crippen LogP contribution in [0.3, 0.4) is 0 Å². The third-order valence-corrected chi connectivity index (χ3v) is 4.41. The van der Waals surface area contributed by atoms with Gasteiger partial charge in [0.25, 0.3) is 5.91 Å². The van der Waals surface area contributed by atoms with Crippen LogP contribution in [0.5, 0.6) is 11.5 Å². The van der Waals surface area contributed by atoms with E-state index in [0.29, 0.717) is 12.2 Å². The van der Waals surface area contributed by atoms with Crippen molar-refractivity contribution in [3.8, 4) is 11.5 Å². The van der Waals surface area contributed by atoms with Gasteiger partial charge in [-0.15, -0.1) is 0 Å². The van der Waals surface area contributed by atoms with Crippen molar-refractivity contribution in [2.75, 3.05) is 20.7 Å². The van der Waals surface area contributed by atoms with Gasteiger partial charge in [0.2, 0.25) is 5.91 Å². The first-order chi connectivity index (χ1) is 13.0. The summed E-state index contributed by atoms with van der Waals surface area (Å²) in [7, 11) is 2.86. The Labute approximate surface area is 156 Å². The number of aromatic nitrogens is 1. The molecule has 1 saturated heterocycles. The molecule has 0 aliphatic carbocycles. The summed E-state index contributed by atoms with van der Waals surface area (Å²) in [6.07, 6.45) is 3.16. The SMILES string of the molecule is CNC(=O)[C@@H]1C[C@H](Oc2cccnc2)CN1C(=O)c1ccc(OC)c(F)c1. The van der Waals surface area contributed by atoms with Crippen molar-refractivity contribution in [1.29, 1.82) is 0 Å². The summed E-state index contributed by atoms with van der Waals surface area (Å²) in [5, 5.41) is 2.56. The fourth-order valence-corrected chi connectivity index (χ4v) is 3.10. The molecule has 3 rings (SSSR count). The monoisotopic (exact) mass is 373 g/mol. The molecule has 1 aliphatic heterocycles. The number of ether oxygens (including phenoxy) is 2. The van der Waals surface area contributed by atoms with Crippen LogP contribution in [0.15, 0.2) is 42.7 Å². The Morgan fingerprint density at radius 1 is 1.33 bits per heavy atom. The van der Waals surface area contributed by atoms with Crippen molar-refractivity contribution in [3.05, 3.63) is 54.1 Å². The van der Waals surface area contributed by atoms with Gasteiger partial charge in [0, 0.05) is 25.2 Å². The first-order valence-corrected chi connectivity index (χ1v) is 8.46. The summed E-state index contributed by atoms with van der Waals surface area (Å²) in [5.41, 5.74) is 0.143. The van der Waals surface area contributed by atoms with Crippen LogP contribution in [-0.4, -0.2) is 54.5 Å². The van der Waals surface area contributed by atoms with Crippen molar-refractivity contribution in [2.45, 2.75) is 18.6 Å². The zero-order valence-electron chi connectivity index (χ0n) is 15.0. The Morgan fingerprint density at radius 3 is 2.78 bits per heavy atom. The third-order valence-electron chi connectivity index (χ3n) is 4.41. The highest BCUT2D eigenvalue weighted by molar-refractivity contribution is 5.98. The molecule has 7 nitrogen and oxygen atoms in total. The molecule has 1 aromatic heterocycles. The summed E-state index contributed by atoms with van der Waals surface area (Å²) >= 11 is 0. The first kappa shape index (κ1) is 18.6. The molecule has 1 fully saturated rings. The molecule has 0 radical (unpaired) electrons. The van der Waals surface area contributed by atoms with Crippen LogP contribution in [0.25, 0.3) is 0 Å². The van der Waals surface area contributed by atoms with Gasteiger partial charge < -0.3 is 19.7 Å². The molecule has 142 valence electrons. The second-order valence-corrected chi connectivity index (χ2v) is 6.10. The highest BCUT2D eigenvalue weighted by Crippen LogP contribution is 2.26. The summed E-state index contributed by atoms with van der Waals surface area (Å²) < 4.78 is 24.7. The van der Waals surface area contributed by atoms with Crippen LogP contribution in [-0.2, 0) is 4.79 Å². The van der Waals surface area contributed by atoms with Gasteiger partial charge in [-0.05, 0) is 30.3 Å². The van der Waals surface area contributed by atoms with Crippen LogP contribution >= 0.6 is 0 Å². The largest absolute Gasteiger partial charge is 0.494 e. The minimum atomic E-state index is -0.700. The number of amides is 2. The van der Waals surface area contributed by atoms with E-state index in [9.17, 15) is 14.0 Å². The molecular formula is C19H20FN3O4. The van der Waals surface area contributed by atoms with Gasteiger partial charge in [0.1, 0.15) is 17.9 Å². The van der Waals surface area contributed by atoms with E-state index >= 15 is 0 Å². The number of nitrogens with one attached hydrogen (secondary N) is 1. The maximum atomic E-state index is 14.0. The highest BCUT2D eigenvalue weighted by Gasteiger charge is 2.40. The number of likely N-dealkylation sites (tertiary alicyclic amines) is 1. The number of hydrogen-bond acceptors (Lipinski definition) is 5. The minimum absolute atomic E-state index is 0.0496. The van der Waals surface area contributed by atoms with Gasteiger partial charge in [0.05, 0.1) is 19.9 Å². The lowest BCUT2D eigenvalue weighted by Gasteiger charge is -2.23. The molecular weight excluding hydrogens is 353 g/mol. The van der Waals surface area contributed by atoms with Crippen molar-refractivity contribution in [2.24, 2.45) is 0 Å². The zero-order valence-corrected chi connectivity index (χ0v) is 15.0. The number of likely N-dealkylation sites (N-methyl/N-ethyl adjacent to an activating group) is 1. The number of carbonyl (C=O) groups excluding carboxylic acids is 2. The molecule has 0 bridgehead atoms. The van der Waals surface area contributed by atoms with E-state index in [4.69, 9.17) is 9.47 Å². The van der Waals surface area contributed by atoms with E-state index in [-0.39, 0.29) is 29.9 Å². The molecule has 1 aromatic carbocycles. The van der Waals surface area contributed by atoms with Crippen molar-refractivity contribution in [1.82, 2.24) is 15.2 Å². The average Bonchev–Trinajstić information content (AvgIpc) is 3.11. The lowest BCUT2D eigenvalue weighted by atomic mass is 10.1. The molecule has 0 saturated carbocycles. The second-order valence-electron chi connectivity index (χ2n) is 6.10. The molecule has 0 unspecified atom stereocenters. The minimum Gasteiger partial charge on any atom is -0.494 e. The maximum Gasteiger partial charge on any atom is 0.254 e. The van der Waals surface area contributed by atoms with Crippen LogP contribution in [0.2, 0.25) is 0 Å². The van der Waals surface area contributed by atoms with E-state index in [2.05, 4.69) is 10.3 Å². The number of halogens is 1. The van der Waals surface area contributed by atoms with Crippen LogP contribution < -0.4 is 14.8 Å². The predicted octanol–water partition coefficient (Wildman–Crippen LogP) is 1.64. The Morgan fingerprint density at radius 2 is 2.15 bits per heavy atom. The zero-order chi connectivity index (χ0) is 19.4. The standard InChI is InChI=1S/C19H20FN3O4/c1-21-18(24)16-9-14(27-13-4-3-7-22-10-13)11-23(16)19(25)12-5-6-17(26-2)15(20)8-12/h3-8,10,14,16H,9,11H2,1-2H3,(H,21,24)/t14-,16-/m0/s1. The summed E-state index contributed by atoms with van der Waals surface area (Å²) in [5.74, 6) is -0.768. The second kappa shape index (κ2) is 8.03. The predicted molar refractivity (Wildman–Crippen MR) is 95.1 cm³/mol. The Kier molecular flexibility index (Phi) is 5.54. The fourth-order valence-electron chi connectivity index (χ4n) is 3.10. The quantitative estimate of drug-likeness (QED) is 0.862. The highest BCUT2D eigenvalue weighted by atomic mass is 19.1. The van der Waals surface area contributed by atoms with Gasteiger partial charge in [-0.2, -0.15) is 0 Å². The van der Waals surface area contributed by atoms with Gasteiger partial charge in [0.15, 0.2) is 11.6 Å². The van der Waals surface area contributed by atoms with Crippen LogP contribution in [0, 0.1) is 5.82 Å². The molecule has 1 aliphatic rings. The van der Waals surface area contributed by atoms with Crippen molar-refractivity contribution in [3.63, 3.8) is 0 Å². The lowest BCUT2D eigenvalue weighted by molar-refractivity contribution is -0.124. The van der Waals surface area contributed by atoms with Gasteiger partial charge >= 0.3 is 0 Å². The average molecular weight is 373 g/mol. The molecule has 27 heavy (non-hydrogen) atoms. The number of nitrogens with zero attached hydrogens (tertiary/aromatic N) is 2.